The monoisotopic (exact) mass is 482 g/mol. The number of rotatable bonds is 4. The van der Waals surface area contributed by atoms with Crippen LogP contribution in [-0.2, 0) is 0 Å². The van der Waals surface area contributed by atoms with Crippen LogP contribution >= 0.6 is 11.6 Å². The molecule has 4 aromatic heterocycles. The second-order valence-corrected chi connectivity index (χ2v) is 7.80. The topological polar surface area (TPSA) is 90.5 Å². The molecule has 1 atom stereocenters. The van der Waals surface area contributed by atoms with Gasteiger partial charge in [-0.3, -0.25) is 4.98 Å². The summed E-state index contributed by atoms with van der Waals surface area (Å²) in [7, 11) is 0. The first kappa shape index (κ1) is 21.8. The van der Waals surface area contributed by atoms with Gasteiger partial charge in [0, 0.05) is 35.0 Å². The van der Waals surface area contributed by atoms with Crippen molar-refractivity contribution < 1.29 is 17.9 Å². The fraction of sp³-hybridized carbons (Fsp3) is 0.0870. The zero-order chi connectivity index (χ0) is 23.9. The largest absolute Gasteiger partial charge is 0.618 e. The van der Waals surface area contributed by atoms with Crippen molar-refractivity contribution in [3.8, 4) is 11.3 Å². The van der Waals surface area contributed by atoms with Crippen molar-refractivity contribution in [3.63, 3.8) is 0 Å². The van der Waals surface area contributed by atoms with Crippen LogP contribution in [0.25, 0.3) is 33.2 Å². The summed E-state index contributed by atoms with van der Waals surface area (Å²) in [6, 6.07) is 10.2. The Kier molecular flexibility index (Phi) is 5.37. The second-order valence-electron chi connectivity index (χ2n) is 7.39. The number of hydrogen-bond acceptors (Lipinski definition) is 6. The molecule has 0 spiro atoms. The molecule has 0 aliphatic carbocycles. The molecule has 4 heterocycles. The molecule has 0 unspecified atom stereocenters. The quantitative estimate of drug-likeness (QED) is 0.278. The van der Waals surface area contributed by atoms with E-state index in [2.05, 4.69) is 25.3 Å². The van der Waals surface area contributed by atoms with Crippen molar-refractivity contribution in [2.75, 3.05) is 5.32 Å². The summed E-state index contributed by atoms with van der Waals surface area (Å²) in [5.41, 5.74) is 0.706. The predicted molar refractivity (Wildman–Crippen MR) is 121 cm³/mol. The van der Waals surface area contributed by atoms with E-state index < -0.39 is 12.2 Å². The molecule has 0 saturated carbocycles. The van der Waals surface area contributed by atoms with Crippen molar-refractivity contribution in [1.29, 1.82) is 0 Å². The standard InChI is InChI=1S/C23H14ClF3N6O/c24-16-6-1-4-13-10-15(18(31-19(13)16)14-5-2-8-28-11-14)21(23(25,26)27)32-22-20-17(29-12-30-22)7-3-9-33(20)34/h1-12,21H,(H,29,30,32)/t21-/m1/s1. The summed E-state index contributed by atoms with van der Waals surface area (Å²) in [5.74, 6) is -0.258. The van der Waals surface area contributed by atoms with Gasteiger partial charge in [-0.2, -0.15) is 17.9 Å². The zero-order valence-electron chi connectivity index (χ0n) is 17.2. The maximum atomic E-state index is 14.5. The van der Waals surface area contributed by atoms with E-state index in [0.717, 1.165) is 6.33 Å². The SMILES string of the molecule is [O-][n+]1cccc2ncnc(N[C@H](c3cc4cccc(Cl)c4nc3-c3cccnc3)C(F)(F)F)c21. The summed E-state index contributed by atoms with van der Waals surface area (Å²) in [6.07, 6.45) is 0.424. The van der Waals surface area contributed by atoms with Gasteiger partial charge in [-0.25, -0.2) is 15.0 Å². The minimum atomic E-state index is -4.77. The van der Waals surface area contributed by atoms with Crippen LogP contribution in [0.15, 0.2) is 73.4 Å². The van der Waals surface area contributed by atoms with Gasteiger partial charge < -0.3 is 10.5 Å². The Morgan fingerprint density at radius 1 is 1.06 bits per heavy atom. The van der Waals surface area contributed by atoms with Crippen LogP contribution in [0.2, 0.25) is 5.02 Å². The van der Waals surface area contributed by atoms with Crippen molar-refractivity contribution >= 4 is 39.4 Å². The highest BCUT2D eigenvalue weighted by Gasteiger charge is 2.43. The Balaban J connectivity index is 1.76. The van der Waals surface area contributed by atoms with E-state index in [1.807, 2.05) is 0 Å². The van der Waals surface area contributed by atoms with E-state index in [9.17, 15) is 18.4 Å². The minimum absolute atomic E-state index is 0.0527. The number of hydrogen-bond donors (Lipinski definition) is 1. The number of halogens is 4. The van der Waals surface area contributed by atoms with Gasteiger partial charge in [0.25, 0.3) is 5.52 Å². The molecule has 0 bridgehead atoms. The van der Waals surface area contributed by atoms with Crippen molar-refractivity contribution in [2.45, 2.75) is 12.2 Å². The Morgan fingerprint density at radius 2 is 1.91 bits per heavy atom. The molecule has 5 aromatic rings. The van der Waals surface area contributed by atoms with E-state index >= 15 is 0 Å². The molecule has 11 heteroatoms. The first-order valence-electron chi connectivity index (χ1n) is 9.98. The Hall–Kier alpha value is -4.05. The molecule has 0 aliphatic heterocycles. The number of aromatic nitrogens is 5. The van der Waals surface area contributed by atoms with Crippen LogP contribution in [0, 0.1) is 5.21 Å². The van der Waals surface area contributed by atoms with E-state index in [1.54, 1.807) is 30.3 Å². The molecular weight excluding hydrogens is 469 g/mol. The van der Waals surface area contributed by atoms with E-state index in [0.29, 0.717) is 26.2 Å². The van der Waals surface area contributed by atoms with Crippen LogP contribution in [0.4, 0.5) is 19.0 Å². The normalized spacial score (nSPS) is 12.7. The summed E-state index contributed by atoms with van der Waals surface area (Å²) < 4.78 is 43.9. The molecule has 0 fully saturated rings. The van der Waals surface area contributed by atoms with E-state index in [4.69, 9.17) is 11.6 Å². The summed E-state index contributed by atoms with van der Waals surface area (Å²) in [5, 5.41) is 15.5. The highest BCUT2D eigenvalue weighted by Crippen LogP contribution is 2.41. The lowest BCUT2D eigenvalue weighted by atomic mass is 9.98. The van der Waals surface area contributed by atoms with Gasteiger partial charge in [0.1, 0.15) is 11.8 Å². The van der Waals surface area contributed by atoms with E-state index in [-0.39, 0.29) is 28.1 Å². The number of pyridine rings is 3. The number of anilines is 1. The molecule has 1 N–H and O–H groups in total. The van der Waals surface area contributed by atoms with Crippen molar-refractivity contribution in [1.82, 2.24) is 19.9 Å². The number of alkyl halides is 3. The molecule has 0 amide bonds. The maximum absolute atomic E-state index is 14.5. The van der Waals surface area contributed by atoms with Crippen LogP contribution in [0.1, 0.15) is 11.6 Å². The van der Waals surface area contributed by atoms with Gasteiger partial charge in [0.05, 0.1) is 16.2 Å². The van der Waals surface area contributed by atoms with Gasteiger partial charge in [-0.15, -0.1) is 0 Å². The third-order valence-corrected chi connectivity index (χ3v) is 5.53. The molecule has 7 nitrogen and oxygen atoms in total. The average molecular weight is 483 g/mol. The Labute approximate surface area is 195 Å². The van der Waals surface area contributed by atoms with Gasteiger partial charge in [0.15, 0.2) is 12.2 Å². The first-order valence-corrected chi connectivity index (χ1v) is 10.4. The maximum Gasteiger partial charge on any atom is 0.412 e. The summed E-state index contributed by atoms with van der Waals surface area (Å²) >= 11 is 6.28. The highest BCUT2D eigenvalue weighted by atomic mass is 35.5. The minimum Gasteiger partial charge on any atom is -0.618 e. The molecule has 170 valence electrons. The number of nitrogens with zero attached hydrogens (tertiary/aromatic N) is 5. The van der Waals surface area contributed by atoms with Gasteiger partial charge >= 0.3 is 6.18 Å². The molecular formula is C23H14ClF3N6O. The molecule has 5 rings (SSSR count). The lowest BCUT2D eigenvalue weighted by Gasteiger charge is -2.25. The average Bonchev–Trinajstić information content (AvgIpc) is 2.82. The number of nitrogens with one attached hydrogen (secondary N) is 1. The Bertz CT molecular complexity index is 1510. The van der Waals surface area contributed by atoms with Crippen molar-refractivity contribution in [3.05, 3.63) is 89.2 Å². The van der Waals surface area contributed by atoms with Gasteiger partial charge in [-0.1, -0.05) is 23.7 Å². The molecule has 0 aliphatic rings. The van der Waals surface area contributed by atoms with Crippen LogP contribution in [0.5, 0.6) is 0 Å². The lowest BCUT2D eigenvalue weighted by molar-refractivity contribution is -0.576. The van der Waals surface area contributed by atoms with Crippen LogP contribution in [-0.4, -0.2) is 26.1 Å². The lowest BCUT2D eigenvalue weighted by Crippen LogP contribution is -2.32. The molecule has 0 radical (unpaired) electrons. The van der Waals surface area contributed by atoms with Crippen LogP contribution in [0.3, 0.4) is 0 Å². The molecule has 34 heavy (non-hydrogen) atoms. The van der Waals surface area contributed by atoms with Gasteiger partial charge in [0.2, 0.25) is 5.82 Å². The highest BCUT2D eigenvalue weighted by molar-refractivity contribution is 6.35. The predicted octanol–water partition coefficient (Wildman–Crippen LogP) is 5.24. The smallest absolute Gasteiger partial charge is 0.412 e. The molecule has 1 aromatic carbocycles. The van der Waals surface area contributed by atoms with E-state index in [1.165, 1.54) is 36.8 Å². The van der Waals surface area contributed by atoms with Crippen LogP contribution < -0.4 is 10.0 Å². The third-order valence-electron chi connectivity index (χ3n) is 5.23. The number of para-hydroxylation sites is 1. The number of benzene rings is 1. The Morgan fingerprint density at radius 3 is 2.68 bits per heavy atom. The van der Waals surface area contributed by atoms with Crippen molar-refractivity contribution in [2.24, 2.45) is 0 Å². The number of fused-ring (bicyclic) bond motifs is 2. The fourth-order valence-corrected chi connectivity index (χ4v) is 3.95. The summed E-state index contributed by atoms with van der Waals surface area (Å²) in [6.45, 7) is 0. The summed E-state index contributed by atoms with van der Waals surface area (Å²) in [4.78, 5) is 16.4. The second kappa shape index (κ2) is 8.38. The first-order chi connectivity index (χ1) is 16.3. The van der Waals surface area contributed by atoms with Gasteiger partial charge in [-0.05, 0) is 30.3 Å². The molecule has 0 saturated heterocycles. The fourth-order valence-electron chi connectivity index (χ4n) is 3.73. The zero-order valence-corrected chi connectivity index (χ0v) is 17.9. The third kappa shape index (κ3) is 3.92.